The Balaban J connectivity index is 1.39. The van der Waals surface area contributed by atoms with E-state index in [9.17, 15) is 13.2 Å². The number of pyridine rings is 1. The van der Waals surface area contributed by atoms with Gasteiger partial charge in [-0.15, -0.1) is 0 Å². The SMILES string of the molecule is NS(=O)(=O)c1cc(C(=O)NC2CCC(c3nc4cc(Cl)ccc4o3)CC2)ccn1. The lowest BCUT2D eigenvalue weighted by Crippen LogP contribution is -2.37. The molecule has 0 saturated heterocycles. The van der Waals surface area contributed by atoms with Crippen molar-refractivity contribution >= 4 is 38.6 Å². The van der Waals surface area contributed by atoms with Crippen LogP contribution in [0.4, 0.5) is 0 Å². The number of halogens is 1. The molecule has 0 bridgehead atoms. The molecule has 8 nitrogen and oxygen atoms in total. The summed E-state index contributed by atoms with van der Waals surface area (Å²) in [6, 6.07) is 7.98. The molecule has 4 rings (SSSR count). The number of oxazole rings is 1. The minimum absolute atomic E-state index is 0.0105. The number of aromatic nitrogens is 2. The molecule has 0 unspecified atom stereocenters. The molecule has 0 radical (unpaired) electrons. The molecule has 0 atom stereocenters. The largest absolute Gasteiger partial charge is 0.440 e. The lowest BCUT2D eigenvalue weighted by Gasteiger charge is -2.27. The normalized spacial score (nSPS) is 19.9. The monoisotopic (exact) mass is 434 g/mol. The van der Waals surface area contributed by atoms with Crippen molar-refractivity contribution in [2.24, 2.45) is 5.14 Å². The number of carbonyl (C=O) groups is 1. The van der Waals surface area contributed by atoms with Gasteiger partial charge in [0.05, 0.1) is 0 Å². The van der Waals surface area contributed by atoms with Crippen LogP contribution >= 0.6 is 11.6 Å². The Morgan fingerprint density at radius 3 is 2.66 bits per heavy atom. The molecular formula is C19H19ClN4O4S. The van der Waals surface area contributed by atoms with E-state index in [-0.39, 0.29) is 28.5 Å². The number of hydrogen-bond donors (Lipinski definition) is 2. The average Bonchev–Trinajstić information content (AvgIpc) is 3.11. The van der Waals surface area contributed by atoms with Crippen molar-refractivity contribution < 1.29 is 17.6 Å². The van der Waals surface area contributed by atoms with E-state index in [4.69, 9.17) is 21.2 Å². The van der Waals surface area contributed by atoms with Gasteiger partial charge < -0.3 is 9.73 Å². The predicted octanol–water partition coefficient (Wildman–Crippen LogP) is 2.98. The van der Waals surface area contributed by atoms with Gasteiger partial charge in [0.2, 0.25) is 0 Å². The summed E-state index contributed by atoms with van der Waals surface area (Å²) >= 11 is 6.00. The number of nitrogens with two attached hydrogens (primary N) is 1. The molecule has 1 aliphatic carbocycles. The highest BCUT2D eigenvalue weighted by molar-refractivity contribution is 7.89. The van der Waals surface area contributed by atoms with Crippen molar-refractivity contribution in [3.8, 4) is 0 Å². The molecule has 0 aliphatic heterocycles. The van der Waals surface area contributed by atoms with Gasteiger partial charge in [-0.25, -0.2) is 23.5 Å². The molecule has 1 amide bonds. The minimum Gasteiger partial charge on any atom is -0.440 e. The second kappa shape index (κ2) is 7.74. The van der Waals surface area contributed by atoms with Gasteiger partial charge in [-0.3, -0.25) is 4.79 Å². The van der Waals surface area contributed by atoms with Crippen LogP contribution < -0.4 is 10.5 Å². The standard InChI is InChI=1S/C19H19ClN4O4S/c20-13-3-6-16-15(10-13)24-19(28-16)11-1-4-14(5-2-11)23-18(25)12-7-8-22-17(9-12)29(21,26)27/h3,6-11,14H,1-2,4-5H2,(H,23,25)(H2,21,26,27). The van der Waals surface area contributed by atoms with E-state index in [0.717, 1.165) is 31.2 Å². The topological polar surface area (TPSA) is 128 Å². The number of rotatable bonds is 4. The van der Waals surface area contributed by atoms with Gasteiger partial charge in [-0.05, 0) is 56.0 Å². The van der Waals surface area contributed by atoms with Crippen molar-refractivity contribution in [2.75, 3.05) is 0 Å². The lowest BCUT2D eigenvalue weighted by atomic mass is 9.86. The van der Waals surface area contributed by atoms with E-state index in [0.29, 0.717) is 16.5 Å². The van der Waals surface area contributed by atoms with E-state index >= 15 is 0 Å². The van der Waals surface area contributed by atoms with Crippen LogP contribution in [0.5, 0.6) is 0 Å². The van der Waals surface area contributed by atoms with E-state index in [1.165, 1.54) is 18.3 Å². The molecule has 2 aromatic heterocycles. The molecule has 1 aromatic carbocycles. The van der Waals surface area contributed by atoms with Gasteiger partial charge in [0.1, 0.15) is 5.52 Å². The molecular weight excluding hydrogens is 416 g/mol. The summed E-state index contributed by atoms with van der Waals surface area (Å²) in [5, 5.41) is 8.31. The Morgan fingerprint density at radius 1 is 1.17 bits per heavy atom. The van der Waals surface area contributed by atoms with E-state index in [1.54, 1.807) is 12.1 Å². The fourth-order valence-corrected chi connectivity index (χ4v) is 4.22. The second-order valence-electron chi connectivity index (χ2n) is 7.11. The highest BCUT2D eigenvalue weighted by Gasteiger charge is 2.27. The van der Waals surface area contributed by atoms with Crippen LogP contribution in [0.15, 0.2) is 46.0 Å². The van der Waals surface area contributed by atoms with Crippen molar-refractivity contribution in [1.82, 2.24) is 15.3 Å². The first kappa shape index (κ1) is 19.8. The molecule has 2 heterocycles. The van der Waals surface area contributed by atoms with Crippen LogP contribution in [0.2, 0.25) is 5.02 Å². The maximum absolute atomic E-state index is 12.5. The smallest absolute Gasteiger partial charge is 0.255 e. The quantitative estimate of drug-likeness (QED) is 0.649. The number of nitrogens with zero attached hydrogens (tertiary/aromatic N) is 2. The molecule has 29 heavy (non-hydrogen) atoms. The maximum Gasteiger partial charge on any atom is 0.255 e. The molecule has 3 aromatic rings. The lowest BCUT2D eigenvalue weighted by molar-refractivity contribution is 0.0924. The van der Waals surface area contributed by atoms with Crippen LogP contribution in [-0.2, 0) is 10.0 Å². The van der Waals surface area contributed by atoms with E-state index in [1.807, 2.05) is 6.07 Å². The van der Waals surface area contributed by atoms with Gasteiger partial charge in [-0.1, -0.05) is 11.6 Å². The minimum atomic E-state index is -3.96. The zero-order valence-electron chi connectivity index (χ0n) is 15.3. The average molecular weight is 435 g/mol. The number of primary sulfonamides is 1. The first-order valence-electron chi connectivity index (χ1n) is 9.15. The van der Waals surface area contributed by atoms with Crippen molar-refractivity contribution in [2.45, 2.75) is 42.7 Å². The summed E-state index contributed by atoms with van der Waals surface area (Å²) in [5.74, 6) is 0.528. The van der Waals surface area contributed by atoms with Crippen molar-refractivity contribution in [3.63, 3.8) is 0 Å². The zero-order chi connectivity index (χ0) is 20.6. The number of hydrogen-bond acceptors (Lipinski definition) is 6. The van der Waals surface area contributed by atoms with Crippen molar-refractivity contribution in [3.05, 3.63) is 53.0 Å². The second-order valence-corrected chi connectivity index (χ2v) is 9.06. The Bertz CT molecular complexity index is 1170. The van der Waals surface area contributed by atoms with E-state index < -0.39 is 10.0 Å². The highest BCUT2D eigenvalue weighted by atomic mass is 35.5. The summed E-state index contributed by atoms with van der Waals surface area (Å²) in [6.07, 6.45) is 4.44. The van der Waals surface area contributed by atoms with Crippen LogP contribution in [0, 0.1) is 0 Å². The van der Waals surface area contributed by atoms with Gasteiger partial charge in [-0.2, -0.15) is 0 Å². The number of benzene rings is 1. The Kier molecular flexibility index (Phi) is 5.28. The highest BCUT2D eigenvalue weighted by Crippen LogP contribution is 2.34. The molecule has 152 valence electrons. The van der Waals surface area contributed by atoms with Crippen LogP contribution in [-0.4, -0.2) is 30.3 Å². The van der Waals surface area contributed by atoms with Crippen LogP contribution in [0.1, 0.15) is 47.8 Å². The third kappa shape index (κ3) is 4.42. The fraction of sp³-hybridized carbons (Fsp3) is 0.316. The predicted molar refractivity (Wildman–Crippen MR) is 107 cm³/mol. The molecule has 3 N–H and O–H groups in total. The molecule has 0 spiro atoms. The van der Waals surface area contributed by atoms with Crippen LogP contribution in [0.25, 0.3) is 11.1 Å². The van der Waals surface area contributed by atoms with E-state index in [2.05, 4.69) is 15.3 Å². The van der Waals surface area contributed by atoms with Gasteiger partial charge in [0, 0.05) is 28.7 Å². The molecule has 1 aliphatic rings. The number of amides is 1. The maximum atomic E-state index is 12.5. The Morgan fingerprint density at radius 2 is 1.93 bits per heavy atom. The number of nitrogens with one attached hydrogen (secondary N) is 1. The first-order chi connectivity index (χ1) is 13.8. The van der Waals surface area contributed by atoms with Gasteiger partial charge >= 0.3 is 0 Å². The molecule has 1 fully saturated rings. The number of fused-ring (bicyclic) bond motifs is 1. The number of sulfonamides is 1. The molecule has 1 saturated carbocycles. The Labute approximate surface area is 172 Å². The fourth-order valence-electron chi connectivity index (χ4n) is 3.55. The summed E-state index contributed by atoms with van der Waals surface area (Å²) in [7, 11) is -3.96. The molecule has 10 heteroatoms. The van der Waals surface area contributed by atoms with Gasteiger partial charge in [0.15, 0.2) is 16.5 Å². The number of carbonyl (C=O) groups excluding carboxylic acids is 1. The first-order valence-corrected chi connectivity index (χ1v) is 11.1. The third-order valence-electron chi connectivity index (χ3n) is 5.07. The van der Waals surface area contributed by atoms with Gasteiger partial charge in [0.25, 0.3) is 15.9 Å². The van der Waals surface area contributed by atoms with Crippen LogP contribution in [0.3, 0.4) is 0 Å². The Hall–Kier alpha value is -2.49. The summed E-state index contributed by atoms with van der Waals surface area (Å²) < 4.78 is 28.7. The summed E-state index contributed by atoms with van der Waals surface area (Å²) in [4.78, 5) is 20.7. The zero-order valence-corrected chi connectivity index (χ0v) is 16.9. The summed E-state index contributed by atoms with van der Waals surface area (Å²) in [6.45, 7) is 0. The third-order valence-corrected chi connectivity index (χ3v) is 6.11. The summed E-state index contributed by atoms with van der Waals surface area (Å²) in [5.41, 5.74) is 1.66. The van der Waals surface area contributed by atoms with Crippen molar-refractivity contribution in [1.29, 1.82) is 0 Å².